The molecular weight excluding hydrogens is 268 g/mol. The van der Waals surface area contributed by atoms with Crippen LogP contribution in [0, 0.1) is 13.8 Å². The Morgan fingerprint density at radius 1 is 1.33 bits per heavy atom. The molecule has 2 amide bonds. The molecule has 1 aromatic rings. The number of nitrogens with one attached hydrogen (secondary N) is 1. The fourth-order valence-electron chi connectivity index (χ4n) is 2.50. The summed E-state index contributed by atoms with van der Waals surface area (Å²) in [5.41, 5.74) is 2.84. The molecule has 2 rings (SSSR count). The van der Waals surface area contributed by atoms with Gasteiger partial charge >= 0.3 is 0 Å². The predicted molar refractivity (Wildman–Crippen MR) is 81.2 cm³/mol. The van der Waals surface area contributed by atoms with Crippen molar-refractivity contribution in [2.24, 2.45) is 0 Å². The first-order valence-corrected chi connectivity index (χ1v) is 7.21. The third kappa shape index (κ3) is 3.82. The zero-order valence-corrected chi connectivity index (χ0v) is 12.8. The van der Waals surface area contributed by atoms with Gasteiger partial charge in [-0.05, 0) is 37.8 Å². The Bertz CT molecular complexity index is 516. The summed E-state index contributed by atoms with van der Waals surface area (Å²) in [6.07, 6.45) is 1.25. The monoisotopic (exact) mass is 290 g/mol. The van der Waals surface area contributed by atoms with E-state index >= 15 is 0 Å². The summed E-state index contributed by atoms with van der Waals surface area (Å²) in [4.78, 5) is 25.6. The van der Waals surface area contributed by atoms with Gasteiger partial charge < -0.3 is 15.0 Å². The normalized spacial score (nSPS) is 17.6. The molecule has 0 saturated carbocycles. The molecule has 1 N–H and O–H groups in total. The number of carbonyl (C=O) groups is 2. The highest BCUT2D eigenvalue weighted by atomic mass is 16.5. The van der Waals surface area contributed by atoms with E-state index in [4.69, 9.17) is 4.74 Å². The van der Waals surface area contributed by atoms with Crippen molar-refractivity contribution in [2.75, 3.05) is 25.5 Å². The lowest BCUT2D eigenvalue weighted by Gasteiger charge is -2.20. The topological polar surface area (TPSA) is 58.6 Å². The number of rotatable bonds is 4. The number of benzene rings is 1. The van der Waals surface area contributed by atoms with E-state index in [0.29, 0.717) is 6.61 Å². The third-order valence-electron chi connectivity index (χ3n) is 3.71. The molecular formula is C16H22N2O3. The standard InChI is InChI=1S/C16H22N2O3/c1-11-6-4-7-12(2)15(11)17-14(19)10-18(3)16(20)13-8-5-9-21-13/h4,6-7,13H,5,8-10H2,1-3H3,(H,17,19)/t13-/m1/s1. The van der Waals surface area contributed by atoms with Gasteiger partial charge in [-0.3, -0.25) is 9.59 Å². The van der Waals surface area contributed by atoms with Crippen molar-refractivity contribution in [3.63, 3.8) is 0 Å². The molecule has 1 heterocycles. The molecule has 5 heteroatoms. The first-order valence-electron chi connectivity index (χ1n) is 7.21. The molecule has 114 valence electrons. The number of likely N-dealkylation sites (N-methyl/N-ethyl adjacent to an activating group) is 1. The number of anilines is 1. The van der Waals surface area contributed by atoms with Crippen LogP contribution in [0.3, 0.4) is 0 Å². The smallest absolute Gasteiger partial charge is 0.251 e. The van der Waals surface area contributed by atoms with Crippen LogP contribution in [0.15, 0.2) is 18.2 Å². The van der Waals surface area contributed by atoms with Gasteiger partial charge in [0.1, 0.15) is 6.10 Å². The largest absolute Gasteiger partial charge is 0.368 e. The maximum absolute atomic E-state index is 12.1. The van der Waals surface area contributed by atoms with Gasteiger partial charge in [-0.15, -0.1) is 0 Å². The molecule has 0 radical (unpaired) electrons. The fraction of sp³-hybridized carbons (Fsp3) is 0.500. The van der Waals surface area contributed by atoms with Crippen LogP contribution in [0.1, 0.15) is 24.0 Å². The van der Waals surface area contributed by atoms with Crippen molar-refractivity contribution >= 4 is 17.5 Å². The summed E-state index contributed by atoms with van der Waals surface area (Å²) < 4.78 is 5.35. The van der Waals surface area contributed by atoms with Gasteiger partial charge in [0.15, 0.2) is 0 Å². The number of ether oxygens (including phenoxy) is 1. The third-order valence-corrected chi connectivity index (χ3v) is 3.71. The van der Waals surface area contributed by atoms with E-state index in [1.54, 1.807) is 7.05 Å². The van der Waals surface area contributed by atoms with Crippen LogP contribution in [0.4, 0.5) is 5.69 Å². The highest BCUT2D eigenvalue weighted by Crippen LogP contribution is 2.19. The predicted octanol–water partition coefficient (Wildman–Crippen LogP) is 1.88. The molecule has 1 atom stereocenters. The Balaban J connectivity index is 1.93. The van der Waals surface area contributed by atoms with E-state index in [2.05, 4.69) is 5.32 Å². The van der Waals surface area contributed by atoms with E-state index in [1.807, 2.05) is 32.0 Å². The molecule has 1 aromatic carbocycles. The van der Waals surface area contributed by atoms with Gasteiger partial charge in [-0.2, -0.15) is 0 Å². The Hall–Kier alpha value is -1.88. The lowest BCUT2D eigenvalue weighted by atomic mass is 10.1. The van der Waals surface area contributed by atoms with Crippen molar-refractivity contribution in [3.05, 3.63) is 29.3 Å². The summed E-state index contributed by atoms with van der Waals surface area (Å²) in [6.45, 7) is 4.55. The summed E-state index contributed by atoms with van der Waals surface area (Å²) in [7, 11) is 1.63. The number of carbonyl (C=O) groups excluding carboxylic acids is 2. The van der Waals surface area contributed by atoms with E-state index in [9.17, 15) is 9.59 Å². The number of aryl methyl sites for hydroxylation is 2. The maximum atomic E-state index is 12.1. The minimum Gasteiger partial charge on any atom is -0.368 e. The second kappa shape index (κ2) is 6.72. The molecule has 1 aliphatic heterocycles. The molecule has 0 spiro atoms. The minimum atomic E-state index is -0.386. The Labute approximate surface area is 125 Å². The Morgan fingerprint density at radius 2 is 2.00 bits per heavy atom. The second-order valence-electron chi connectivity index (χ2n) is 5.51. The molecule has 21 heavy (non-hydrogen) atoms. The number of hydrogen-bond donors (Lipinski definition) is 1. The van der Waals surface area contributed by atoms with Crippen molar-refractivity contribution in [2.45, 2.75) is 32.8 Å². The Kier molecular flexibility index (Phi) is 4.96. The van der Waals surface area contributed by atoms with Crippen LogP contribution in [-0.2, 0) is 14.3 Å². The van der Waals surface area contributed by atoms with Crippen molar-refractivity contribution in [3.8, 4) is 0 Å². The van der Waals surface area contributed by atoms with Crippen LogP contribution in [-0.4, -0.2) is 43.0 Å². The summed E-state index contributed by atoms with van der Waals surface area (Å²) in [6, 6.07) is 5.85. The Morgan fingerprint density at radius 3 is 2.57 bits per heavy atom. The van der Waals surface area contributed by atoms with Crippen molar-refractivity contribution in [1.82, 2.24) is 4.90 Å². The second-order valence-corrected chi connectivity index (χ2v) is 5.51. The SMILES string of the molecule is Cc1cccc(C)c1NC(=O)CN(C)C(=O)[C@H]1CCCO1. The van der Waals surface area contributed by atoms with Gasteiger partial charge in [-0.1, -0.05) is 18.2 Å². The first-order chi connectivity index (χ1) is 9.99. The molecule has 0 bridgehead atoms. The van der Waals surface area contributed by atoms with Gasteiger partial charge in [0.05, 0.1) is 6.54 Å². The number of hydrogen-bond acceptors (Lipinski definition) is 3. The van der Waals surface area contributed by atoms with Gasteiger partial charge in [-0.25, -0.2) is 0 Å². The highest BCUT2D eigenvalue weighted by Gasteiger charge is 2.27. The quantitative estimate of drug-likeness (QED) is 0.921. The number of nitrogens with zero attached hydrogens (tertiary/aromatic N) is 1. The van der Waals surface area contributed by atoms with Gasteiger partial charge in [0.25, 0.3) is 5.91 Å². The van der Waals surface area contributed by atoms with Crippen molar-refractivity contribution in [1.29, 1.82) is 0 Å². The van der Waals surface area contributed by atoms with Crippen LogP contribution in [0.5, 0.6) is 0 Å². The molecule has 0 aromatic heterocycles. The highest BCUT2D eigenvalue weighted by molar-refractivity contribution is 5.96. The number of para-hydroxylation sites is 1. The lowest BCUT2D eigenvalue weighted by molar-refractivity contribution is -0.141. The molecule has 0 aliphatic carbocycles. The molecule has 1 aliphatic rings. The summed E-state index contributed by atoms with van der Waals surface area (Å²) in [5.74, 6) is -0.314. The van der Waals surface area contributed by atoms with Gasteiger partial charge in [0, 0.05) is 19.3 Å². The van der Waals surface area contributed by atoms with Crippen LogP contribution in [0.2, 0.25) is 0 Å². The average molecular weight is 290 g/mol. The molecule has 1 fully saturated rings. The van der Waals surface area contributed by atoms with Gasteiger partial charge in [0.2, 0.25) is 5.91 Å². The lowest BCUT2D eigenvalue weighted by Crippen LogP contribution is -2.40. The first kappa shape index (κ1) is 15.5. The maximum Gasteiger partial charge on any atom is 0.251 e. The number of amides is 2. The van der Waals surface area contributed by atoms with Crippen LogP contribution < -0.4 is 5.32 Å². The average Bonchev–Trinajstić information content (AvgIpc) is 2.96. The molecule has 5 nitrogen and oxygen atoms in total. The van der Waals surface area contributed by atoms with E-state index in [1.165, 1.54) is 4.90 Å². The minimum absolute atomic E-state index is 0.0342. The zero-order chi connectivity index (χ0) is 15.4. The van der Waals surface area contributed by atoms with E-state index in [0.717, 1.165) is 29.7 Å². The molecule has 0 unspecified atom stereocenters. The van der Waals surface area contributed by atoms with Crippen LogP contribution in [0.25, 0.3) is 0 Å². The van der Waals surface area contributed by atoms with Crippen molar-refractivity contribution < 1.29 is 14.3 Å². The van der Waals surface area contributed by atoms with E-state index in [-0.39, 0.29) is 24.5 Å². The van der Waals surface area contributed by atoms with E-state index < -0.39 is 0 Å². The fourth-order valence-corrected chi connectivity index (χ4v) is 2.50. The summed E-state index contributed by atoms with van der Waals surface area (Å²) >= 11 is 0. The zero-order valence-electron chi connectivity index (χ0n) is 12.8. The summed E-state index contributed by atoms with van der Waals surface area (Å²) in [5, 5.41) is 2.88. The molecule has 1 saturated heterocycles. The van der Waals surface area contributed by atoms with Crippen LogP contribution >= 0.6 is 0 Å².